The lowest BCUT2D eigenvalue weighted by molar-refractivity contribution is 0.404. The molecule has 86 valence electrons. The van der Waals surface area contributed by atoms with Crippen LogP contribution in [0.15, 0.2) is 30.3 Å². The van der Waals surface area contributed by atoms with Crippen LogP contribution in [0.5, 0.6) is 0 Å². The fourth-order valence-electron chi connectivity index (χ4n) is 2.07. The maximum absolute atomic E-state index is 5.83. The van der Waals surface area contributed by atoms with Crippen LogP contribution in [0.3, 0.4) is 0 Å². The topological polar surface area (TPSA) is 12.0 Å². The van der Waals surface area contributed by atoms with Gasteiger partial charge in [-0.15, -0.1) is 0 Å². The lowest BCUT2D eigenvalue weighted by Gasteiger charge is -2.21. The average molecular weight is 236 g/mol. The van der Waals surface area contributed by atoms with Gasteiger partial charge in [-0.3, -0.25) is 0 Å². The molecule has 2 rings (SSSR count). The van der Waals surface area contributed by atoms with Gasteiger partial charge in [0.15, 0.2) is 0 Å². The first kappa shape index (κ1) is 11.7. The summed E-state index contributed by atoms with van der Waals surface area (Å²) in [5.74, 6) is 0. The van der Waals surface area contributed by atoms with Crippen LogP contribution in [0.25, 0.3) is 6.08 Å². The Bertz CT molecular complexity index is 336. The van der Waals surface area contributed by atoms with Gasteiger partial charge < -0.3 is 5.32 Å². The second kappa shape index (κ2) is 6.07. The van der Waals surface area contributed by atoms with Crippen molar-refractivity contribution in [2.24, 2.45) is 0 Å². The molecule has 1 aliphatic heterocycles. The summed E-state index contributed by atoms with van der Waals surface area (Å²) < 4.78 is 0. The molecule has 1 heterocycles. The van der Waals surface area contributed by atoms with Crippen LogP contribution in [-0.2, 0) is 0 Å². The standard InChI is InChI=1S/C14H18ClN/c15-13-9-7-12(8-10-13)4-3-6-14-5-1-2-11-16-14/h3-4,7-10,14,16H,1-2,5-6,11H2/b4-3+. The van der Waals surface area contributed by atoms with Crippen molar-refractivity contribution < 1.29 is 0 Å². The van der Waals surface area contributed by atoms with Crippen molar-refractivity contribution in [1.82, 2.24) is 5.32 Å². The van der Waals surface area contributed by atoms with Crippen molar-refractivity contribution >= 4 is 17.7 Å². The molecule has 0 bridgehead atoms. The van der Waals surface area contributed by atoms with Gasteiger partial charge in [0.05, 0.1) is 0 Å². The number of nitrogens with one attached hydrogen (secondary N) is 1. The minimum Gasteiger partial charge on any atom is -0.314 e. The number of piperidine rings is 1. The Morgan fingerprint density at radius 3 is 2.75 bits per heavy atom. The maximum atomic E-state index is 5.83. The molecule has 0 amide bonds. The molecule has 1 unspecified atom stereocenters. The predicted molar refractivity (Wildman–Crippen MR) is 70.7 cm³/mol. The van der Waals surface area contributed by atoms with Gasteiger partial charge in [0.25, 0.3) is 0 Å². The lowest BCUT2D eigenvalue weighted by atomic mass is 10.0. The van der Waals surface area contributed by atoms with E-state index in [4.69, 9.17) is 11.6 Å². The summed E-state index contributed by atoms with van der Waals surface area (Å²) in [5.41, 5.74) is 1.22. The van der Waals surface area contributed by atoms with Crippen molar-refractivity contribution in [3.05, 3.63) is 40.9 Å². The zero-order valence-electron chi connectivity index (χ0n) is 9.45. The molecule has 1 nitrogen and oxygen atoms in total. The third-order valence-corrected chi connectivity index (χ3v) is 3.27. The van der Waals surface area contributed by atoms with Crippen molar-refractivity contribution in [3.8, 4) is 0 Å². The van der Waals surface area contributed by atoms with E-state index in [1.54, 1.807) is 0 Å². The summed E-state index contributed by atoms with van der Waals surface area (Å²) in [6, 6.07) is 8.64. The molecule has 1 aliphatic rings. The van der Waals surface area contributed by atoms with Crippen molar-refractivity contribution in [1.29, 1.82) is 0 Å². The highest BCUT2D eigenvalue weighted by molar-refractivity contribution is 6.30. The number of rotatable bonds is 3. The zero-order valence-corrected chi connectivity index (χ0v) is 10.2. The molecule has 1 fully saturated rings. The molecule has 1 saturated heterocycles. The third kappa shape index (κ3) is 3.66. The van der Waals surface area contributed by atoms with Crippen LogP contribution < -0.4 is 5.32 Å². The summed E-state index contributed by atoms with van der Waals surface area (Å²) >= 11 is 5.83. The highest BCUT2D eigenvalue weighted by Gasteiger charge is 2.09. The Hall–Kier alpha value is -0.790. The molecule has 1 N–H and O–H groups in total. The van der Waals surface area contributed by atoms with E-state index in [2.05, 4.69) is 17.5 Å². The Balaban J connectivity index is 1.82. The summed E-state index contributed by atoms with van der Waals surface area (Å²) in [6.07, 6.45) is 9.57. The normalized spacial score (nSPS) is 21.4. The molecule has 0 aliphatic carbocycles. The van der Waals surface area contributed by atoms with Crippen molar-refractivity contribution in [3.63, 3.8) is 0 Å². The summed E-state index contributed by atoms with van der Waals surface area (Å²) in [4.78, 5) is 0. The van der Waals surface area contributed by atoms with Gasteiger partial charge in [-0.1, -0.05) is 42.3 Å². The molecule has 0 saturated carbocycles. The Morgan fingerprint density at radius 1 is 1.25 bits per heavy atom. The minimum atomic E-state index is 0.678. The SMILES string of the molecule is Clc1ccc(/C=C/CC2CCCCN2)cc1. The summed E-state index contributed by atoms with van der Waals surface area (Å²) in [5, 5.41) is 4.34. The molecule has 2 heteroatoms. The highest BCUT2D eigenvalue weighted by atomic mass is 35.5. The molecule has 1 aromatic carbocycles. The molecule has 1 aromatic rings. The molecular weight excluding hydrogens is 218 g/mol. The second-order valence-electron chi connectivity index (χ2n) is 4.34. The second-order valence-corrected chi connectivity index (χ2v) is 4.77. The van der Waals surface area contributed by atoms with Crippen LogP contribution in [0, 0.1) is 0 Å². The fourth-order valence-corrected chi connectivity index (χ4v) is 2.19. The fraction of sp³-hybridized carbons (Fsp3) is 0.429. The van der Waals surface area contributed by atoms with Gasteiger partial charge in [0.2, 0.25) is 0 Å². The van der Waals surface area contributed by atoms with Gasteiger partial charge >= 0.3 is 0 Å². The van der Waals surface area contributed by atoms with E-state index in [0.29, 0.717) is 6.04 Å². The van der Waals surface area contributed by atoms with Crippen LogP contribution >= 0.6 is 11.6 Å². The molecule has 1 atom stereocenters. The average Bonchev–Trinajstić information content (AvgIpc) is 2.33. The number of hydrogen-bond acceptors (Lipinski definition) is 1. The predicted octanol–water partition coefficient (Wildman–Crippen LogP) is 3.89. The quantitative estimate of drug-likeness (QED) is 0.838. The van der Waals surface area contributed by atoms with Crippen LogP contribution in [0.1, 0.15) is 31.2 Å². The van der Waals surface area contributed by atoms with Gasteiger partial charge in [0, 0.05) is 11.1 Å². The largest absolute Gasteiger partial charge is 0.314 e. The van der Waals surface area contributed by atoms with E-state index >= 15 is 0 Å². The van der Waals surface area contributed by atoms with Crippen molar-refractivity contribution in [2.75, 3.05) is 6.54 Å². The number of benzene rings is 1. The van der Waals surface area contributed by atoms with E-state index in [0.717, 1.165) is 11.4 Å². The summed E-state index contributed by atoms with van der Waals surface area (Å²) in [6.45, 7) is 1.18. The Labute approximate surface area is 103 Å². The smallest absolute Gasteiger partial charge is 0.0406 e. The molecular formula is C14H18ClN. The lowest BCUT2D eigenvalue weighted by Crippen LogP contribution is -2.33. The van der Waals surface area contributed by atoms with E-state index in [9.17, 15) is 0 Å². The van der Waals surface area contributed by atoms with Gasteiger partial charge in [-0.05, 0) is 43.5 Å². The number of halogens is 1. The van der Waals surface area contributed by atoms with Crippen LogP contribution in [0.2, 0.25) is 5.02 Å². The van der Waals surface area contributed by atoms with E-state index < -0.39 is 0 Å². The Morgan fingerprint density at radius 2 is 2.06 bits per heavy atom. The third-order valence-electron chi connectivity index (χ3n) is 3.01. The first-order chi connectivity index (χ1) is 7.84. The van der Waals surface area contributed by atoms with E-state index in [1.165, 1.54) is 31.4 Å². The first-order valence-corrected chi connectivity index (χ1v) is 6.38. The van der Waals surface area contributed by atoms with Gasteiger partial charge in [-0.2, -0.15) is 0 Å². The maximum Gasteiger partial charge on any atom is 0.0406 e. The number of hydrogen-bond donors (Lipinski definition) is 1. The molecule has 0 spiro atoms. The van der Waals surface area contributed by atoms with E-state index in [-0.39, 0.29) is 0 Å². The van der Waals surface area contributed by atoms with Gasteiger partial charge in [-0.25, -0.2) is 0 Å². The first-order valence-electron chi connectivity index (χ1n) is 6.00. The monoisotopic (exact) mass is 235 g/mol. The van der Waals surface area contributed by atoms with E-state index in [1.807, 2.05) is 24.3 Å². The van der Waals surface area contributed by atoms with Crippen LogP contribution in [0.4, 0.5) is 0 Å². The molecule has 16 heavy (non-hydrogen) atoms. The molecule has 0 radical (unpaired) electrons. The van der Waals surface area contributed by atoms with Crippen molar-refractivity contribution in [2.45, 2.75) is 31.7 Å². The highest BCUT2D eigenvalue weighted by Crippen LogP contribution is 2.13. The minimum absolute atomic E-state index is 0.678. The van der Waals surface area contributed by atoms with Gasteiger partial charge in [0.1, 0.15) is 0 Å². The molecule has 0 aromatic heterocycles. The Kier molecular flexibility index (Phi) is 4.44. The van der Waals surface area contributed by atoms with Crippen LogP contribution in [-0.4, -0.2) is 12.6 Å². The summed E-state index contributed by atoms with van der Waals surface area (Å²) in [7, 11) is 0. The zero-order chi connectivity index (χ0) is 11.2.